The van der Waals surface area contributed by atoms with E-state index in [-0.39, 0.29) is 5.91 Å². The van der Waals surface area contributed by atoms with Crippen molar-refractivity contribution in [3.8, 4) is 5.75 Å². The number of carbonyl (C=O) groups is 1. The van der Waals surface area contributed by atoms with Gasteiger partial charge in [-0.1, -0.05) is 41.9 Å². The van der Waals surface area contributed by atoms with Crippen LogP contribution in [-0.2, 0) is 6.54 Å². The van der Waals surface area contributed by atoms with Crippen molar-refractivity contribution in [1.82, 2.24) is 10.2 Å². The molecule has 1 fully saturated rings. The summed E-state index contributed by atoms with van der Waals surface area (Å²) < 4.78 is 5.54. The largest absolute Gasteiger partial charge is 0.493 e. The van der Waals surface area contributed by atoms with Gasteiger partial charge in [-0.2, -0.15) is 0 Å². The van der Waals surface area contributed by atoms with Crippen LogP contribution in [0.5, 0.6) is 5.75 Å². The molecule has 5 nitrogen and oxygen atoms in total. The SMILES string of the molecule is CCOc1cc(N)c(Cl)cc1C(=O)NCC1CCN(Cc2ccccc2)C1. The van der Waals surface area contributed by atoms with Crippen molar-refractivity contribution in [2.75, 3.05) is 32.0 Å². The van der Waals surface area contributed by atoms with Crippen LogP contribution in [0.1, 0.15) is 29.3 Å². The van der Waals surface area contributed by atoms with E-state index in [1.165, 1.54) is 5.56 Å². The highest BCUT2D eigenvalue weighted by Crippen LogP contribution is 2.29. The van der Waals surface area contributed by atoms with Crippen LogP contribution in [0.25, 0.3) is 0 Å². The van der Waals surface area contributed by atoms with Crippen molar-refractivity contribution < 1.29 is 9.53 Å². The lowest BCUT2D eigenvalue weighted by molar-refractivity contribution is 0.0943. The molecule has 144 valence electrons. The second kappa shape index (κ2) is 9.11. The molecule has 6 heteroatoms. The van der Waals surface area contributed by atoms with Crippen LogP contribution in [0.15, 0.2) is 42.5 Å². The van der Waals surface area contributed by atoms with Gasteiger partial charge in [0, 0.05) is 25.7 Å². The van der Waals surface area contributed by atoms with E-state index in [9.17, 15) is 4.79 Å². The maximum absolute atomic E-state index is 12.6. The summed E-state index contributed by atoms with van der Waals surface area (Å²) >= 11 is 6.09. The maximum Gasteiger partial charge on any atom is 0.255 e. The van der Waals surface area contributed by atoms with E-state index in [0.717, 1.165) is 26.1 Å². The second-order valence-corrected chi connectivity index (χ2v) is 7.30. The molecule has 1 aliphatic heterocycles. The molecule has 0 saturated carbocycles. The normalized spacial score (nSPS) is 17.0. The van der Waals surface area contributed by atoms with E-state index in [0.29, 0.717) is 41.1 Å². The molecule has 0 spiro atoms. The van der Waals surface area contributed by atoms with Crippen LogP contribution in [0.2, 0.25) is 5.02 Å². The van der Waals surface area contributed by atoms with E-state index >= 15 is 0 Å². The number of nitrogens with two attached hydrogens (primary N) is 1. The van der Waals surface area contributed by atoms with Gasteiger partial charge < -0.3 is 15.8 Å². The molecule has 0 aromatic heterocycles. The van der Waals surface area contributed by atoms with E-state index in [1.54, 1.807) is 12.1 Å². The number of anilines is 1. The summed E-state index contributed by atoms with van der Waals surface area (Å²) in [6.07, 6.45) is 1.08. The van der Waals surface area contributed by atoms with E-state index in [4.69, 9.17) is 22.1 Å². The Morgan fingerprint density at radius 1 is 1.33 bits per heavy atom. The van der Waals surface area contributed by atoms with Crippen LogP contribution >= 0.6 is 11.6 Å². The Labute approximate surface area is 165 Å². The smallest absolute Gasteiger partial charge is 0.255 e. The van der Waals surface area contributed by atoms with Crippen molar-refractivity contribution in [1.29, 1.82) is 0 Å². The van der Waals surface area contributed by atoms with Crippen LogP contribution in [0.4, 0.5) is 5.69 Å². The third-order valence-electron chi connectivity index (χ3n) is 4.81. The molecular formula is C21H26ClN3O2. The van der Waals surface area contributed by atoms with Crippen molar-refractivity contribution >= 4 is 23.2 Å². The molecule has 27 heavy (non-hydrogen) atoms. The number of nitrogen functional groups attached to an aromatic ring is 1. The molecular weight excluding hydrogens is 362 g/mol. The van der Waals surface area contributed by atoms with Crippen LogP contribution in [-0.4, -0.2) is 37.0 Å². The third-order valence-corrected chi connectivity index (χ3v) is 5.14. The van der Waals surface area contributed by atoms with Crippen molar-refractivity contribution in [2.45, 2.75) is 19.9 Å². The quantitative estimate of drug-likeness (QED) is 0.712. The number of amides is 1. The molecule has 3 N–H and O–H groups in total. The van der Waals surface area contributed by atoms with Gasteiger partial charge in [0.15, 0.2) is 0 Å². The molecule has 1 unspecified atom stereocenters. The number of nitrogens with one attached hydrogen (secondary N) is 1. The molecule has 1 aliphatic rings. The van der Waals surface area contributed by atoms with E-state index in [1.807, 2.05) is 13.0 Å². The van der Waals surface area contributed by atoms with Crippen LogP contribution < -0.4 is 15.8 Å². The standard InChI is InChI=1S/C21H26ClN3O2/c1-2-27-20-11-19(23)18(22)10-17(20)21(26)24-12-16-8-9-25(14-16)13-15-6-4-3-5-7-15/h3-7,10-11,16H,2,8-9,12-14,23H2,1H3,(H,24,26). The first-order valence-electron chi connectivity index (χ1n) is 9.33. The Kier molecular flexibility index (Phi) is 6.58. The molecule has 0 radical (unpaired) electrons. The van der Waals surface area contributed by atoms with Gasteiger partial charge in [-0.05, 0) is 37.4 Å². The summed E-state index contributed by atoms with van der Waals surface area (Å²) in [5.41, 5.74) is 7.97. The molecule has 2 aromatic rings. The van der Waals surface area contributed by atoms with Gasteiger partial charge in [-0.25, -0.2) is 0 Å². The number of hydrogen-bond acceptors (Lipinski definition) is 4. The van der Waals surface area contributed by atoms with Crippen molar-refractivity contribution in [3.63, 3.8) is 0 Å². The summed E-state index contributed by atoms with van der Waals surface area (Å²) in [6, 6.07) is 13.6. The van der Waals surface area contributed by atoms with Crippen molar-refractivity contribution in [3.05, 3.63) is 58.6 Å². The highest BCUT2D eigenvalue weighted by molar-refractivity contribution is 6.33. The van der Waals surface area contributed by atoms with Crippen LogP contribution in [0.3, 0.4) is 0 Å². The first-order valence-corrected chi connectivity index (χ1v) is 9.71. The first-order chi connectivity index (χ1) is 13.1. The number of rotatable bonds is 7. The topological polar surface area (TPSA) is 67.6 Å². The second-order valence-electron chi connectivity index (χ2n) is 6.89. The van der Waals surface area contributed by atoms with Gasteiger partial charge in [0.05, 0.1) is 22.9 Å². The van der Waals surface area contributed by atoms with Crippen molar-refractivity contribution in [2.24, 2.45) is 5.92 Å². The summed E-state index contributed by atoms with van der Waals surface area (Å²) in [4.78, 5) is 15.1. The predicted octanol–water partition coefficient (Wildman–Crippen LogP) is 3.57. The monoisotopic (exact) mass is 387 g/mol. The summed E-state index contributed by atoms with van der Waals surface area (Å²) in [7, 11) is 0. The number of nitrogens with zero attached hydrogens (tertiary/aromatic N) is 1. The Hall–Kier alpha value is -2.24. The fraction of sp³-hybridized carbons (Fsp3) is 0.381. The fourth-order valence-corrected chi connectivity index (χ4v) is 3.58. The Balaban J connectivity index is 1.55. The maximum atomic E-state index is 12.6. The Morgan fingerprint density at radius 3 is 2.85 bits per heavy atom. The summed E-state index contributed by atoms with van der Waals surface area (Å²) in [5, 5.41) is 3.39. The number of likely N-dealkylation sites (tertiary alicyclic amines) is 1. The average Bonchev–Trinajstić information content (AvgIpc) is 3.11. The summed E-state index contributed by atoms with van der Waals surface area (Å²) in [5.74, 6) is 0.730. The molecule has 0 aliphatic carbocycles. The number of carbonyl (C=O) groups excluding carboxylic acids is 1. The zero-order chi connectivity index (χ0) is 19.2. The minimum absolute atomic E-state index is 0.179. The number of halogens is 1. The molecule has 1 atom stereocenters. The van der Waals surface area contributed by atoms with E-state index in [2.05, 4.69) is 34.5 Å². The highest BCUT2D eigenvalue weighted by Gasteiger charge is 2.24. The molecule has 3 rings (SSSR count). The van der Waals surface area contributed by atoms with Gasteiger partial charge in [-0.15, -0.1) is 0 Å². The zero-order valence-corrected chi connectivity index (χ0v) is 16.3. The lowest BCUT2D eigenvalue weighted by Gasteiger charge is -2.17. The van der Waals surface area contributed by atoms with Gasteiger partial charge in [0.2, 0.25) is 0 Å². The minimum atomic E-state index is -0.179. The van der Waals surface area contributed by atoms with Gasteiger partial charge in [0.25, 0.3) is 5.91 Å². The lowest BCUT2D eigenvalue weighted by atomic mass is 10.1. The highest BCUT2D eigenvalue weighted by atomic mass is 35.5. The molecule has 1 heterocycles. The molecule has 1 saturated heterocycles. The van der Waals surface area contributed by atoms with Gasteiger partial charge in [-0.3, -0.25) is 9.69 Å². The van der Waals surface area contributed by atoms with E-state index < -0.39 is 0 Å². The Morgan fingerprint density at radius 2 is 2.11 bits per heavy atom. The average molecular weight is 388 g/mol. The van der Waals surface area contributed by atoms with Crippen LogP contribution in [0, 0.1) is 5.92 Å². The third kappa shape index (κ3) is 5.15. The minimum Gasteiger partial charge on any atom is -0.493 e. The number of hydrogen-bond donors (Lipinski definition) is 2. The molecule has 2 aromatic carbocycles. The number of benzene rings is 2. The molecule has 0 bridgehead atoms. The van der Waals surface area contributed by atoms with Gasteiger partial charge >= 0.3 is 0 Å². The lowest BCUT2D eigenvalue weighted by Crippen LogP contribution is -2.31. The summed E-state index contributed by atoms with van der Waals surface area (Å²) in [6.45, 7) is 5.94. The Bertz CT molecular complexity index is 782. The zero-order valence-electron chi connectivity index (χ0n) is 15.6. The fourth-order valence-electron chi connectivity index (χ4n) is 3.42. The predicted molar refractivity (Wildman–Crippen MR) is 109 cm³/mol. The van der Waals surface area contributed by atoms with Gasteiger partial charge in [0.1, 0.15) is 5.75 Å². The number of ether oxygens (including phenoxy) is 1. The molecule has 1 amide bonds. The first kappa shape index (κ1) is 19.5.